The molecule has 0 aromatic carbocycles. The van der Waals surface area contributed by atoms with Crippen molar-refractivity contribution in [1.29, 1.82) is 5.26 Å². The summed E-state index contributed by atoms with van der Waals surface area (Å²) in [6.07, 6.45) is 6.07. The Labute approximate surface area is 108 Å². The van der Waals surface area contributed by atoms with Gasteiger partial charge in [-0.05, 0) is 30.5 Å². The van der Waals surface area contributed by atoms with Gasteiger partial charge in [-0.15, -0.1) is 0 Å². The van der Waals surface area contributed by atoms with E-state index in [2.05, 4.69) is 16.4 Å². The molecule has 0 bridgehead atoms. The van der Waals surface area contributed by atoms with E-state index < -0.39 is 5.54 Å². The van der Waals surface area contributed by atoms with E-state index in [1.54, 1.807) is 24.5 Å². The summed E-state index contributed by atoms with van der Waals surface area (Å²) in [5, 5.41) is 12.3. The quantitative estimate of drug-likeness (QED) is 0.837. The van der Waals surface area contributed by atoms with E-state index >= 15 is 0 Å². The third-order valence-corrected chi connectivity index (χ3v) is 3.00. The maximum Gasteiger partial charge on any atom is 0.221 e. The molecule has 4 nitrogen and oxygen atoms in total. The zero-order chi connectivity index (χ0) is 13.4. The lowest BCUT2D eigenvalue weighted by atomic mass is 9.89. The standard InChI is InChI=1S/C14H19N3O/c1-3-5-6-13(18)17-14(4-2,11-15)12-7-9-16-10-8-12/h7-10H,3-6H2,1-2H3,(H,17,18). The average Bonchev–Trinajstić information content (AvgIpc) is 2.43. The van der Waals surface area contributed by atoms with Crippen molar-refractivity contribution < 1.29 is 4.79 Å². The van der Waals surface area contributed by atoms with Crippen LogP contribution in [0.3, 0.4) is 0 Å². The van der Waals surface area contributed by atoms with Crippen molar-refractivity contribution >= 4 is 5.91 Å². The second kappa shape index (κ2) is 6.75. The van der Waals surface area contributed by atoms with Crippen LogP contribution in [-0.2, 0) is 10.3 Å². The summed E-state index contributed by atoms with van der Waals surface area (Å²) in [7, 11) is 0. The molecule has 0 fully saturated rings. The monoisotopic (exact) mass is 245 g/mol. The van der Waals surface area contributed by atoms with E-state index in [9.17, 15) is 10.1 Å². The molecule has 0 aliphatic heterocycles. The Kier molecular flexibility index (Phi) is 5.31. The molecule has 1 rings (SSSR count). The van der Waals surface area contributed by atoms with Crippen LogP contribution in [0, 0.1) is 11.3 Å². The molecule has 1 N–H and O–H groups in total. The molecule has 0 radical (unpaired) electrons. The lowest BCUT2D eigenvalue weighted by Gasteiger charge is -2.27. The minimum Gasteiger partial charge on any atom is -0.334 e. The SMILES string of the molecule is CCCCC(=O)NC(C#N)(CC)c1ccncc1. The minimum absolute atomic E-state index is 0.0722. The summed E-state index contributed by atoms with van der Waals surface area (Å²) in [6.45, 7) is 3.93. The molecule has 1 aromatic rings. The minimum atomic E-state index is -0.937. The number of pyridine rings is 1. The second-order valence-electron chi connectivity index (χ2n) is 4.26. The molecule has 1 amide bonds. The Balaban J connectivity index is 2.89. The highest BCUT2D eigenvalue weighted by Crippen LogP contribution is 2.23. The number of hydrogen-bond acceptors (Lipinski definition) is 3. The molecular weight excluding hydrogens is 226 g/mol. The molecule has 1 heterocycles. The molecule has 1 aromatic heterocycles. The predicted octanol–water partition coefficient (Wildman–Crippen LogP) is 2.52. The Bertz CT molecular complexity index is 424. The molecule has 1 unspecified atom stereocenters. The summed E-state index contributed by atoms with van der Waals surface area (Å²) in [6, 6.07) is 5.77. The number of nitrogens with one attached hydrogen (secondary N) is 1. The molecule has 96 valence electrons. The van der Waals surface area contributed by atoms with Crippen LogP contribution in [-0.4, -0.2) is 10.9 Å². The van der Waals surface area contributed by atoms with Crippen molar-refractivity contribution in [2.45, 2.75) is 45.1 Å². The van der Waals surface area contributed by atoms with Crippen molar-refractivity contribution in [2.24, 2.45) is 0 Å². The molecule has 0 aliphatic carbocycles. The first-order valence-corrected chi connectivity index (χ1v) is 6.31. The Morgan fingerprint density at radius 2 is 2.11 bits per heavy atom. The first-order chi connectivity index (χ1) is 8.68. The van der Waals surface area contributed by atoms with E-state index in [4.69, 9.17) is 0 Å². The van der Waals surface area contributed by atoms with E-state index in [0.29, 0.717) is 12.8 Å². The predicted molar refractivity (Wildman–Crippen MR) is 69.5 cm³/mol. The van der Waals surface area contributed by atoms with Crippen molar-refractivity contribution in [2.75, 3.05) is 0 Å². The van der Waals surface area contributed by atoms with E-state index in [0.717, 1.165) is 18.4 Å². The molecule has 0 saturated heterocycles. The Morgan fingerprint density at radius 3 is 2.61 bits per heavy atom. The van der Waals surface area contributed by atoms with Crippen LogP contribution in [0.15, 0.2) is 24.5 Å². The summed E-state index contributed by atoms with van der Waals surface area (Å²) < 4.78 is 0. The topological polar surface area (TPSA) is 65.8 Å². The molecule has 0 aliphatic rings. The third kappa shape index (κ3) is 3.30. The highest BCUT2D eigenvalue weighted by molar-refractivity contribution is 5.77. The maximum absolute atomic E-state index is 11.8. The fraction of sp³-hybridized carbons (Fsp3) is 0.500. The highest BCUT2D eigenvalue weighted by Gasteiger charge is 2.31. The number of nitrogens with zero attached hydrogens (tertiary/aromatic N) is 2. The first kappa shape index (κ1) is 14.2. The number of carbonyl (C=O) groups excluding carboxylic acids is 1. The Morgan fingerprint density at radius 1 is 1.44 bits per heavy atom. The van der Waals surface area contributed by atoms with Crippen molar-refractivity contribution in [3.05, 3.63) is 30.1 Å². The van der Waals surface area contributed by atoms with E-state index in [-0.39, 0.29) is 5.91 Å². The third-order valence-electron chi connectivity index (χ3n) is 3.00. The lowest BCUT2D eigenvalue weighted by molar-refractivity contribution is -0.122. The van der Waals surface area contributed by atoms with Gasteiger partial charge in [0.25, 0.3) is 0 Å². The number of rotatable bonds is 6. The first-order valence-electron chi connectivity index (χ1n) is 6.31. The van der Waals surface area contributed by atoms with Crippen molar-refractivity contribution in [3.63, 3.8) is 0 Å². The number of carbonyl (C=O) groups is 1. The van der Waals surface area contributed by atoms with Crippen molar-refractivity contribution in [3.8, 4) is 6.07 Å². The van der Waals surface area contributed by atoms with Crippen molar-refractivity contribution in [1.82, 2.24) is 10.3 Å². The molecule has 4 heteroatoms. The highest BCUT2D eigenvalue weighted by atomic mass is 16.1. The number of amides is 1. The number of nitriles is 1. The smallest absolute Gasteiger partial charge is 0.221 e. The largest absolute Gasteiger partial charge is 0.334 e. The van der Waals surface area contributed by atoms with Gasteiger partial charge in [0.15, 0.2) is 5.54 Å². The summed E-state index contributed by atoms with van der Waals surface area (Å²) >= 11 is 0. The average molecular weight is 245 g/mol. The van der Waals surface area contributed by atoms with Gasteiger partial charge >= 0.3 is 0 Å². The zero-order valence-electron chi connectivity index (χ0n) is 10.9. The van der Waals surface area contributed by atoms with Gasteiger partial charge in [0.2, 0.25) is 5.91 Å². The molecule has 0 spiro atoms. The lowest BCUT2D eigenvalue weighted by Crippen LogP contribution is -2.44. The number of unbranched alkanes of at least 4 members (excludes halogenated alkanes) is 1. The maximum atomic E-state index is 11.8. The van der Waals surface area contributed by atoms with Crippen LogP contribution in [0.1, 0.15) is 45.1 Å². The van der Waals surface area contributed by atoms with Gasteiger partial charge in [0.1, 0.15) is 0 Å². The van der Waals surface area contributed by atoms with Gasteiger partial charge in [0.05, 0.1) is 6.07 Å². The van der Waals surface area contributed by atoms with Gasteiger partial charge in [0, 0.05) is 18.8 Å². The molecule has 0 saturated carbocycles. The number of aromatic nitrogens is 1. The summed E-state index contributed by atoms with van der Waals surface area (Å²) in [5.74, 6) is -0.0722. The Hall–Kier alpha value is -1.89. The summed E-state index contributed by atoms with van der Waals surface area (Å²) in [5.41, 5.74) is -0.152. The van der Waals surface area contributed by atoms with E-state index in [1.165, 1.54) is 0 Å². The second-order valence-corrected chi connectivity index (χ2v) is 4.26. The van der Waals surface area contributed by atoms with Crippen LogP contribution >= 0.6 is 0 Å². The van der Waals surface area contributed by atoms with Crippen LogP contribution in [0.4, 0.5) is 0 Å². The number of hydrogen-bond donors (Lipinski definition) is 1. The van der Waals surface area contributed by atoms with Crippen LogP contribution in [0.2, 0.25) is 0 Å². The summed E-state index contributed by atoms with van der Waals surface area (Å²) in [4.78, 5) is 15.8. The van der Waals surface area contributed by atoms with Gasteiger partial charge in [-0.1, -0.05) is 20.3 Å². The van der Waals surface area contributed by atoms with Gasteiger partial charge in [-0.25, -0.2) is 0 Å². The van der Waals surface area contributed by atoms with Gasteiger partial charge < -0.3 is 5.32 Å². The van der Waals surface area contributed by atoms with E-state index in [1.807, 2.05) is 13.8 Å². The zero-order valence-corrected chi connectivity index (χ0v) is 10.9. The van der Waals surface area contributed by atoms with Gasteiger partial charge in [-0.3, -0.25) is 9.78 Å². The molecule has 1 atom stereocenters. The van der Waals surface area contributed by atoms with Gasteiger partial charge in [-0.2, -0.15) is 5.26 Å². The molecule has 18 heavy (non-hydrogen) atoms. The van der Waals surface area contributed by atoms with Crippen LogP contribution in [0.5, 0.6) is 0 Å². The molecular formula is C14H19N3O. The normalized spacial score (nSPS) is 13.4. The fourth-order valence-electron chi connectivity index (χ4n) is 1.81. The van der Waals surface area contributed by atoms with Crippen LogP contribution < -0.4 is 5.32 Å². The van der Waals surface area contributed by atoms with Crippen LogP contribution in [0.25, 0.3) is 0 Å². The fourth-order valence-corrected chi connectivity index (χ4v) is 1.81.